The average Bonchev–Trinajstić information content (AvgIpc) is 0.722. The van der Waals surface area contributed by atoms with E-state index in [-0.39, 0.29) is 81.6 Å². The van der Waals surface area contributed by atoms with Gasteiger partial charge in [-0.3, -0.25) is 9.11 Å². The van der Waals surface area contributed by atoms with Gasteiger partial charge in [0.25, 0.3) is 0 Å². The average molecular weight is 326 g/mol. The molecular weight excluding hydrogens is 322 g/mol. The summed E-state index contributed by atoms with van der Waals surface area (Å²) < 4.78 is 31.6. The molecule has 1 radical (unpaired) electrons. The smallest absolute Gasteiger partial charge is 0 e. The van der Waals surface area contributed by atoms with Gasteiger partial charge in [0.05, 0.1) is 0 Å². The maximum absolute atomic E-state index is 8.74. The fraction of sp³-hybridized carbons (Fsp3) is 0. The zero-order valence-electron chi connectivity index (χ0n) is 2.70. The third-order valence-corrected chi connectivity index (χ3v) is 0. The molecule has 7 heteroatoms. The first-order valence-corrected chi connectivity index (χ1v) is 2.10. The summed E-state index contributed by atoms with van der Waals surface area (Å²) in [6.45, 7) is 0. The summed E-state index contributed by atoms with van der Waals surface area (Å²) in [6.07, 6.45) is 0. The molecule has 0 aliphatic rings. The van der Waals surface area contributed by atoms with Gasteiger partial charge in [-0.2, -0.15) is 8.42 Å². The third kappa shape index (κ3) is 56.5. The van der Waals surface area contributed by atoms with Crippen LogP contribution in [0.2, 0.25) is 0 Å². The molecule has 0 atom stereocenters. The molecule has 0 aromatic carbocycles. The van der Waals surface area contributed by atoms with Crippen LogP contribution >= 0.6 is 0 Å². The summed E-state index contributed by atoms with van der Waals surface area (Å²) in [4.78, 5) is 0. The van der Waals surface area contributed by atoms with Crippen LogP contribution in [-0.2, 0) is 43.1 Å². The van der Waals surface area contributed by atoms with Crippen LogP contribution < -0.4 is 0 Å². The van der Waals surface area contributed by atoms with Crippen LogP contribution in [0.25, 0.3) is 0 Å². The van der Waals surface area contributed by atoms with Crippen LogP contribution in [0.3, 0.4) is 0 Å². The monoisotopic (exact) mass is 327 g/mol. The van der Waals surface area contributed by atoms with E-state index in [4.69, 9.17) is 17.5 Å². The van der Waals surface area contributed by atoms with E-state index >= 15 is 0 Å². The molecule has 0 aromatic heterocycles. The van der Waals surface area contributed by atoms with Gasteiger partial charge in [0.15, 0.2) is 0 Å². The van der Waals surface area contributed by atoms with E-state index in [2.05, 4.69) is 0 Å². The number of hydrogen-bond donors (Lipinski definition) is 2. The molecule has 0 saturated heterocycles. The Morgan fingerprint density at radius 3 is 1.14 bits per heavy atom. The van der Waals surface area contributed by atoms with Crippen molar-refractivity contribution in [2.75, 3.05) is 0 Å². The van der Waals surface area contributed by atoms with Gasteiger partial charge >= 0.3 is 59.3 Å². The Labute approximate surface area is 107 Å². The van der Waals surface area contributed by atoms with Crippen molar-refractivity contribution < 1.29 is 50.2 Å². The standard InChI is InChI=1S/Ba.H2O4S.Y.2H/c;1-5(2,3)4;;;/h;(H2,1,2,3,4);;;. The molecule has 0 spiro atoms. The van der Waals surface area contributed by atoms with Gasteiger partial charge in [-0.1, -0.05) is 0 Å². The number of hydrogen-bond acceptors (Lipinski definition) is 2. The van der Waals surface area contributed by atoms with Crippen molar-refractivity contribution in [3.05, 3.63) is 0 Å². The van der Waals surface area contributed by atoms with Crippen molar-refractivity contribution in [1.82, 2.24) is 0 Å². The molecule has 39 valence electrons. The van der Waals surface area contributed by atoms with Crippen molar-refractivity contribution in [1.29, 1.82) is 0 Å². The first kappa shape index (κ1) is 16.3. The summed E-state index contributed by atoms with van der Waals surface area (Å²) in [7, 11) is -4.67. The Morgan fingerprint density at radius 1 is 1.14 bits per heavy atom. The molecule has 2 N–H and O–H groups in total. The van der Waals surface area contributed by atoms with Gasteiger partial charge in [0.1, 0.15) is 0 Å². The zero-order valence-corrected chi connectivity index (χ0v) is 6.35. The molecule has 4 nitrogen and oxygen atoms in total. The van der Waals surface area contributed by atoms with E-state index < -0.39 is 10.4 Å². The van der Waals surface area contributed by atoms with Crippen LogP contribution in [0, 0.1) is 0 Å². The molecule has 0 unspecified atom stereocenters. The molecular formula is H4BaO4SY. The summed E-state index contributed by atoms with van der Waals surface area (Å²) in [6, 6.07) is 0. The SMILES string of the molecule is O=S(=O)(O)O.[BaH2].[Y]. The third-order valence-electron chi connectivity index (χ3n) is 0. The van der Waals surface area contributed by atoms with Crippen molar-refractivity contribution in [3.63, 3.8) is 0 Å². The molecule has 0 heterocycles. The van der Waals surface area contributed by atoms with Crippen molar-refractivity contribution >= 4 is 59.3 Å². The summed E-state index contributed by atoms with van der Waals surface area (Å²) in [5.74, 6) is 0. The van der Waals surface area contributed by atoms with Crippen LogP contribution in [0.15, 0.2) is 0 Å². The maximum Gasteiger partial charge on any atom is 0 e. The summed E-state index contributed by atoms with van der Waals surface area (Å²) in [5, 5.41) is 0. The zero-order chi connectivity index (χ0) is 4.50. The Balaban J connectivity index is -0.0000000800. The second kappa shape index (κ2) is 6.66. The fourth-order valence-corrected chi connectivity index (χ4v) is 0. The Bertz CT molecular complexity index is 94.9. The molecule has 0 rings (SSSR count). The second-order valence-corrected chi connectivity index (χ2v) is 1.34. The molecule has 0 amide bonds. The van der Waals surface area contributed by atoms with Crippen molar-refractivity contribution in [3.8, 4) is 0 Å². The van der Waals surface area contributed by atoms with Crippen LogP contribution in [-0.4, -0.2) is 66.4 Å². The topological polar surface area (TPSA) is 74.6 Å². The van der Waals surface area contributed by atoms with E-state index in [1.165, 1.54) is 0 Å². The number of rotatable bonds is 0. The van der Waals surface area contributed by atoms with E-state index in [1.807, 2.05) is 0 Å². The summed E-state index contributed by atoms with van der Waals surface area (Å²) >= 11 is 0. The fourth-order valence-electron chi connectivity index (χ4n) is 0. The maximum atomic E-state index is 8.74. The molecule has 7 heavy (non-hydrogen) atoms. The second-order valence-electron chi connectivity index (χ2n) is 0.448. The molecule has 0 saturated carbocycles. The summed E-state index contributed by atoms with van der Waals surface area (Å²) in [5.41, 5.74) is 0. The quantitative estimate of drug-likeness (QED) is 0.417. The normalized spacial score (nSPS) is 8.29. The minimum absolute atomic E-state index is 0. The molecule has 0 fully saturated rings. The van der Waals surface area contributed by atoms with Crippen LogP contribution in [0.4, 0.5) is 0 Å². The predicted molar refractivity (Wildman–Crippen MR) is 22.7 cm³/mol. The first-order valence-electron chi connectivity index (χ1n) is 0.698. The Kier molecular flexibility index (Phi) is 15.5. The van der Waals surface area contributed by atoms with Gasteiger partial charge in [-0.25, -0.2) is 0 Å². The van der Waals surface area contributed by atoms with Gasteiger partial charge in [-0.05, 0) is 0 Å². The van der Waals surface area contributed by atoms with Gasteiger partial charge < -0.3 is 0 Å². The van der Waals surface area contributed by atoms with Crippen molar-refractivity contribution in [2.45, 2.75) is 0 Å². The Morgan fingerprint density at radius 2 is 1.14 bits per heavy atom. The minimum atomic E-state index is -4.67. The minimum Gasteiger partial charge on any atom is 0 e. The molecule has 0 aromatic rings. The van der Waals surface area contributed by atoms with E-state index in [9.17, 15) is 0 Å². The van der Waals surface area contributed by atoms with Gasteiger partial charge in [-0.15, -0.1) is 0 Å². The van der Waals surface area contributed by atoms with Crippen molar-refractivity contribution in [2.24, 2.45) is 0 Å². The Hall–Kier alpha value is 2.55. The van der Waals surface area contributed by atoms with Gasteiger partial charge in [0.2, 0.25) is 0 Å². The van der Waals surface area contributed by atoms with Crippen LogP contribution in [0.5, 0.6) is 0 Å². The van der Waals surface area contributed by atoms with E-state index in [0.717, 1.165) is 0 Å². The molecule has 0 aliphatic carbocycles. The van der Waals surface area contributed by atoms with Crippen LogP contribution in [0.1, 0.15) is 0 Å². The first-order chi connectivity index (χ1) is 2.00. The van der Waals surface area contributed by atoms with E-state index in [0.29, 0.717) is 0 Å². The largest absolute Gasteiger partial charge is 0 e. The van der Waals surface area contributed by atoms with E-state index in [1.54, 1.807) is 0 Å². The molecule has 0 bridgehead atoms. The predicted octanol–water partition coefficient (Wildman–Crippen LogP) is -1.57. The van der Waals surface area contributed by atoms with Gasteiger partial charge in [0, 0.05) is 32.7 Å². The molecule has 0 aliphatic heterocycles.